The third-order valence-electron chi connectivity index (χ3n) is 6.79. The van der Waals surface area contributed by atoms with E-state index in [1.807, 2.05) is 48.5 Å². The van der Waals surface area contributed by atoms with Crippen molar-refractivity contribution in [3.63, 3.8) is 0 Å². The van der Waals surface area contributed by atoms with Crippen LogP contribution in [-0.2, 0) is 38.0 Å². The fourth-order valence-corrected chi connectivity index (χ4v) is 4.94. The number of likely N-dealkylation sites (tertiary alicyclic amines) is 1. The number of ether oxygens (including phenoxy) is 7. The molecule has 39 heavy (non-hydrogen) atoms. The molecule has 1 amide bonds. The molecule has 0 radical (unpaired) electrons. The number of methoxy groups -OCH3 is 2. The number of fused-ring (bicyclic) bond motifs is 3. The number of aliphatic carboxylic acids is 1. The number of hydrogen-bond acceptors (Lipinski definition) is 9. The molecule has 1 N–H and O–H groups in total. The Morgan fingerprint density at radius 1 is 0.846 bits per heavy atom. The first-order valence-corrected chi connectivity index (χ1v) is 12.8. The average molecular weight is 546 g/mol. The largest absolute Gasteiger partial charge is 0.480 e. The molecule has 4 rings (SSSR count). The minimum absolute atomic E-state index is 0.0516. The van der Waals surface area contributed by atoms with E-state index >= 15 is 0 Å². The summed E-state index contributed by atoms with van der Waals surface area (Å²) in [7, 11) is 3.10. The lowest BCUT2D eigenvalue weighted by molar-refractivity contribution is -0.171. The normalized spacial score (nSPS) is 20.2. The minimum atomic E-state index is -1.34. The van der Waals surface area contributed by atoms with Gasteiger partial charge in [0.25, 0.3) is 0 Å². The number of carbonyl (C=O) groups is 2. The minimum Gasteiger partial charge on any atom is -0.480 e. The Bertz CT molecular complexity index is 1050. The Kier molecular flexibility index (Phi) is 10.7. The van der Waals surface area contributed by atoms with Crippen molar-refractivity contribution in [3.05, 3.63) is 59.7 Å². The molecule has 0 saturated carbocycles. The number of rotatable bonds is 15. The van der Waals surface area contributed by atoms with Crippen molar-refractivity contribution >= 4 is 12.1 Å². The topological polar surface area (TPSA) is 122 Å². The SMILES string of the molecule is COCCOCO[C@@H]1[C@@H](C(=O)O)N(C(=O)OCC2c3ccccc3-c3ccccc32)C[C@H]1OCOCCOC. The molecule has 11 heteroatoms. The van der Waals surface area contributed by atoms with E-state index in [-0.39, 0.29) is 39.3 Å². The van der Waals surface area contributed by atoms with Gasteiger partial charge in [-0.3, -0.25) is 4.90 Å². The Morgan fingerprint density at radius 3 is 1.97 bits per heavy atom. The Labute approximate surface area is 227 Å². The second-order valence-corrected chi connectivity index (χ2v) is 9.11. The summed E-state index contributed by atoms with van der Waals surface area (Å²) in [5.41, 5.74) is 4.32. The Balaban J connectivity index is 1.44. The number of benzene rings is 2. The van der Waals surface area contributed by atoms with Crippen molar-refractivity contribution in [2.24, 2.45) is 0 Å². The van der Waals surface area contributed by atoms with Gasteiger partial charge in [-0.1, -0.05) is 48.5 Å². The van der Waals surface area contributed by atoms with Crippen LogP contribution in [0.2, 0.25) is 0 Å². The zero-order valence-electron chi connectivity index (χ0n) is 22.2. The van der Waals surface area contributed by atoms with Crippen LogP contribution in [0.15, 0.2) is 48.5 Å². The summed E-state index contributed by atoms with van der Waals surface area (Å²) in [6.07, 6.45) is -2.54. The fourth-order valence-electron chi connectivity index (χ4n) is 4.94. The molecule has 1 heterocycles. The van der Waals surface area contributed by atoms with E-state index in [0.717, 1.165) is 27.2 Å². The van der Waals surface area contributed by atoms with Gasteiger partial charge in [0.1, 0.15) is 32.4 Å². The predicted octanol–water partition coefficient (Wildman–Crippen LogP) is 2.72. The maximum Gasteiger partial charge on any atom is 0.410 e. The molecule has 0 bridgehead atoms. The van der Waals surface area contributed by atoms with Gasteiger partial charge in [-0.25, -0.2) is 9.59 Å². The molecule has 0 aromatic heterocycles. The van der Waals surface area contributed by atoms with Crippen LogP contribution in [0.4, 0.5) is 4.79 Å². The van der Waals surface area contributed by atoms with Gasteiger partial charge in [0.2, 0.25) is 0 Å². The highest BCUT2D eigenvalue weighted by molar-refractivity contribution is 5.82. The van der Waals surface area contributed by atoms with Crippen molar-refractivity contribution in [1.29, 1.82) is 0 Å². The highest BCUT2D eigenvalue weighted by Crippen LogP contribution is 2.44. The maximum absolute atomic E-state index is 13.3. The average Bonchev–Trinajstić information content (AvgIpc) is 3.47. The molecular formula is C28H35NO10. The standard InChI is InChI=1S/C28H35NO10/c1-33-11-13-35-17-38-24-15-29(25(27(30)31)26(24)39-18-36-14-12-34-2)28(32)37-16-23-21-9-5-3-7-19(21)20-8-4-6-10-22(20)23/h3-10,23-26H,11-18H2,1-2H3,(H,30,31)/t24-,25+,26+/m1/s1. The third-order valence-corrected chi connectivity index (χ3v) is 6.79. The van der Waals surface area contributed by atoms with E-state index in [1.165, 1.54) is 0 Å². The smallest absolute Gasteiger partial charge is 0.410 e. The number of carboxylic acid groups (broad SMARTS) is 1. The zero-order chi connectivity index (χ0) is 27.6. The molecular weight excluding hydrogens is 510 g/mol. The third kappa shape index (κ3) is 6.93. The van der Waals surface area contributed by atoms with Crippen LogP contribution in [0.5, 0.6) is 0 Å². The van der Waals surface area contributed by atoms with Crippen molar-refractivity contribution < 1.29 is 47.9 Å². The quantitative estimate of drug-likeness (QED) is 0.264. The van der Waals surface area contributed by atoms with Crippen LogP contribution in [0.3, 0.4) is 0 Å². The molecule has 0 spiro atoms. The number of hydrogen-bond donors (Lipinski definition) is 1. The van der Waals surface area contributed by atoms with Crippen molar-refractivity contribution in [3.8, 4) is 11.1 Å². The van der Waals surface area contributed by atoms with E-state index in [2.05, 4.69) is 0 Å². The van der Waals surface area contributed by atoms with E-state index in [1.54, 1.807) is 14.2 Å². The summed E-state index contributed by atoms with van der Waals surface area (Å²) >= 11 is 0. The number of carboxylic acids is 1. The number of amides is 1. The molecule has 2 aromatic rings. The van der Waals surface area contributed by atoms with Crippen LogP contribution < -0.4 is 0 Å². The summed E-state index contributed by atoms with van der Waals surface area (Å²) in [5.74, 6) is -1.40. The van der Waals surface area contributed by atoms with Crippen molar-refractivity contribution in [2.45, 2.75) is 24.2 Å². The molecule has 1 aliphatic heterocycles. The van der Waals surface area contributed by atoms with Gasteiger partial charge in [-0.05, 0) is 22.3 Å². The molecule has 11 nitrogen and oxygen atoms in total. The van der Waals surface area contributed by atoms with Gasteiger partial charge in [0.05, 0.1) is 33.0 Å². The summed E-state index contributed by atoms with van der Waals surface area (Å²) in [6.45, 7) is 0.998. The highest BCUT2D eigenvalue weighted by atomic mass is 16.7. The first-order chi connectivity index (χ1) is 19.1. The Morgan fingerprint density at radius 2 is 1.41 bits per heavy atom. The monoisotopic (exact) mass is 545 g/mol. The lowest BCUT2D eigenvalue weighted by atomic mass is 9.98. The lowest BCUT2D eigenvalue weighted by Gasteiger charge is -2.25. The van der Waals surface area contributed by atoms with E-state index < -0.39 is 30.3 Å². The first kappa shape index (κ1) is 28.9. The van der Waals surface area contributed by atoms with Gasteiger partial charge >= 0.3 is 12.1 Å². The highest BCUT2D eigenvalue weighted by Gasteiger charge is 2.50. The van der Waals surface area contributed by atoms with Gasteiger partial charge in [-0.15, -0.1) is 0 Å². The van der Waals surface area contributed by atoms with Gasteiger partial charge in [-0.2, -0.15) is 0 Å². The molecule has 1 fully saturated rings. The number of nitrogens with zero attached hydrogens (tertiary/aromatic N) is 1. The van der Waals surface area contributed by atoms with E-state index in [0.29, 0.717) is 19.8 Å². The van der Waals surface area contributed by atoms with Gasteiger partial charge < -0.3 is 38.3 Å². The fraction of sp³-hybridized carbons (Fsp3) is 0.500. The van der Waals surface area contributed by atoms with Crippen LogP contribution in [0.1, 0.15) is 17.0 Å². The summed E-state index contributed by atoms with van der Waals surface area (Å²) < 4.78 is 37.9. The molecule has 0 unspecified atom stereocenters. The molecule has 2 aliphatic rings. The maximum atomic E-state index is 13.3. The van der Waals surface area contributed by atoms with Crippen LogP contribution in [-0.4, -0.2) is 108 Å². The summed E-state index contributed by atoms with van der Waals surface area (Å²) in [4.78, 5) is 26.7. The van der Waals surface area contributed by atoms with Crippen LogP contribution in [0.25, 0.3) is 11.1 Å². The predicted molar refractivity (Wildman–Crippen MR) is 138 cm³/mol. The van der Waals surface area contributed by atoms with Crippen molar-refractivity contribution in [2.75, 3.05) is 67.4 Å². The Hall–Kier alpha value is -3.06. The zero-order valence-corrected chi connectivity index (χ0v) is 22.2. The molecule has 212 valence electrons. The molecule has 3 atom stereocenters. The first-order valence-electron chi connectivity index (χ1n) is 12.8. The van der Waals surface area contributed by atoms with E-state index in [4.69, 9.17) is 33.2 Å². The van der Waals surface area contributed by atoms with Gasteiger partial charge in [0, 0.05) is 20.1 Å². The van der Waals surface area contributed by atoms with Crippen molar-refractivity contribution in [1.82, 2.24) is 4.90 Å². The lowest BCUT2D eigenvalue weighted by Crippen LogP contribution is -2.47. The van der Waals surface area contributed by atoms with Gasteiger partial charge in [0.15, 0.2) is 6.04 Å². The summed E-state index contributed by atoms with van der Waals surface area (Å²) in [5, 5.41) is 10.0. The molecule has 2 aromatic carbocycles. The molecule has 1 aliphatic carbocycles. The van der Waals surface area contributed by atoms with Crippen LogP contribution in [0, 0.1) is 0 Å². The van der Waals surface area contributed by atoms with E-state index in [9.17, 15) is 14.7 Å². The summed E-state index contributed by atoms with van der Waals surface area (Å²) in [6, 6.07) is 14.6. The number of carbonyl (C=O) groups excluding carboxylic acids is 1. The molecule has 1 saturated heterocycles. The van der Waals surface area contributed by atoms with Crippen LogP contribution >= 0.6 is 0 Å². The second kappa shape index (κ2) is 14.4. The second-order valence-electron chi connectivity index (χ2n) is 9.11.